The van der Waals surface area contributed by atoms with Crippen molar-refractivity contribution in [2.45, 2.75) is 20.8 Å². The summed E-state index contributed by atoms with van der Waals surface area (Å²) in [5, 5.41) is 18.6. The van der Waals surface area contributed by atoms with E-state index in [9.17, 15) is 9.90 Å². The molecule has 0 spiro atoms. The van der Waals surface area contributed by atoms with Gasteiger partial charge in [0.15, 0.2) is 5.65 Å². The summed E-state index contributed by atoms with van der Waals surface area (Å²) in [4.78, 5) is 18.3. The summed E-state index contributed by atoms with van der Waals surface area (Å²) in [6.07, 6.45) is 4.82. The normalized spacial score (nSPS) is 11.2. The van der Waals surface area contributed by atoms with Crippen molar-refractivity contribution in [1.82, 2.24) is 24.3 Å². The second-order valence-corrected chi connectivity index (χ2v) is 7.86. The summed E-state index contributed by atoms with van der Waals surface area (Å²) in [6, 6.07) is 15.2. The molecule has 0 amide bonds. The third-order valence-electron chi connectivity index (χ3n) is 5.74. The second kappa shape index (κ2) is 7.46. The van der Waals surface area contributed by atoms with Crippen molar-refractivity contribution in [3.05, 3.63) is 94.3 Å². The summed E-state index contributed by atoms with van der Waals surface area (Å²) in [6.45, 7) is 5.73. The van der Waals surface area contributed by atoms with Crippen LogP contribution in [0.2, 0.25) is 0 Å². The maximum atomic E-state index is 13.6. The highest BCUT2D eigenvalue weighted by molar-refractivity contribution is 5.86. The van der Waals surface area contributed by atoms with Crippen LogP contribution in [0.3, 0.4) is 0 Å². The summed E-state index contributed by atoms with van der Waals surface area (Å²) in [7, 11) is 0. The summed E-state index contributed by atoms with van der Waals surface area (Å²) < 4.78 is 3.46. The number of aryl methyl sites for hydroxylation is 2. The van der Waals surface area contributed by atoms with E-state index in [-0.39, 0.29) is 11.3 Å². The molecule has 0 saturated carbocycles. The Hall–Kier alpha value is -4.26. The Morgan fingerprint density at radius 1 is 0.938 bits per heavy atom. The molecule has 0 unspecified atom stereocenters. The lowest BCUT2D eigenvalue weighted by Crippen LogP contribution is -2.20. The summed E-state index contributed by atoms with van der Waals surface area (Å²) in [5.41, 5.74) is 6.15. The van der Waals surface area contributed by atoms with Crippen molar-refractivity contribution in [3.63, 3.8) is 0 Å². The van der Waals surface area contributed by atoms with Crippen LogP contribution >= 0.6 is 0 Å². The molecule has 3 aromatic heterocycles. The van der Waals surface area contributed by atoms with Gasteiger partial charge in [0.05, 0.1) is 29.2 Å². The molecule has 0 aliphatic carbocycles. The number of phenolic OH excluding ortho intramolecular Hbond substituents is 1. The Kier molecular flexibility index (Phi) is 4.59. The van der Waals surface area contributed by atoms with E-state index in [2.05, 4.69) is 15.2 Å². The van der Waals surface area contributed by atoms with Gasteiger partial charge in [0.2, 0.25) is 0 Å². The SMILES string of the molecule is Cc1ccc(-n2c(-c3ccnnc3)cc3c(=O)n(-c4c(C)ccc(O)c4C)cnc32)cc1. The Balaban J connectivity index is 1.84. The topological polar surface area (TPSA) is 85.8 Å². The van der Waals surface area contributed by atoms with Crippen molar-refractivity contribution < 1.29 is 5.11 Å². The van der Waals surface area contributed by atoms with E-state index in [0.29, 0.717) is 22.3 Å². The summed E-state index contributed by atoms with van der Waals surface area (Å²) >= 11 is 0. The lowest BCUT2D eigenvalue weighted by Gasteiger charge is -2.14. The van der Waals surface area contributed by atoms with E-state index in [1.807, 2.05) is 54.8 Å². The zero-order chi connectivity index (χ0) is 22.4. The molecule has 7 nitrogen and oxygen atoms in total. The number of nitrogens with zero attached hydrogens (tertiary/aromatic N) is 5. The van der Waals surface area contributed by atoms with Gasteiger partial charge in [-0.25, -0.2) is 4.98 Å². The van der Waals surface area contributed by atoms with Crippen LogP contribution < -0.4 is 5.56 Å². The van der Waals surface area contributed by atoms with Gasteiger partial charge in [0.25, 0.3) is 5.56 Å². The van der Waals surface area contributed by atoms with Gasteiger partial charge in [-0.1, -0.05) is 23.8 Å². The molecule has 0 saturated heterocycles. The molecule has 0 bridgehead atoms. The predicted molar refractivity (Wildman–Crippen MR) is 124 cm³/mol. The molecule has 3 heterocycles. The standard InChI is InChI=1S/C25H21N5O2/c1-15-4-7-19(8-5-15)30-21(18-10-11-27-28-13-18)12-20-24(30)26-14-29(25(20)32)23-16(2)6-9-22(31)17(23)3/h4-14,31H,1-3H3. The minimum atomic E-state index is -0.207. The molecule has 0 atom stereocenters. The first-order valence-electron chi connectivity index (χ1n) is 10.2. The Morgan fingerprint density at radius 2 is 1.72 bits per heavy atom. The number of aromatic hydroxyl groups is 1. The molecule has 2 aromatic carbocycles. The Morgan fingerprint density at radius 3 is 2.44 bits per heavy atom. The lowest BCUT2D eigenvalue weighted by atomic mass is 10.1. The van der Waals surface area contributed by atoms with Crippen LogP contribution in [0.5, 0.6) is 5.75 Å². The molecular formula is C25H21N5O2. The molecule has 0 fully saturated rings. The fourth-order valence-electron chi connectivity index (χ4n) is 4.04. The van der Waals surface area contributed by atoms with Crippen LogP contribution in [0.4, 0.5) is 0 Å². The number of fused-ring (bicyclic) bond motifs is 1. The van der Waals surface area contributed by atoms with Gasteiger partial charge >= 0.3 is 0 Å². The molecule has 1 N–H and O–H groups in total. The zero-order valence-electron chi connectivity index (χ0n) is 17.9. The molecule has 0 aliphatic heterocycles. The van der Waals surface area contributed by atoms with E-state index in [1.165, 1.54) is 10.9 Å². The maximum Gasteiger partial charge on any atom is 0.267 e. The average molecular weight is 423 g/mol. The highest BCUT2D eigenvalue weighted by Gasteiger charge is 2.19. The van der Waals surface area contributed by atoms with Gasteiger partial charge in [-0.2, -0.15) is 10.2 Å². The number of hydrogen-bond donors (Lipinski definition) is 1. The quantitative estimate of drug-likeness (QED) is 0.469. The maximum absolute atomic E-state index is 13.6. The third kappa shape index (κ3) is 3.06. The molecule has 7 heteroatoms. The molecule has 0 aliphatic rings. The minimum Gasteiger partial charge on any atom is -0.508 e. The first-order valence-corrected chi connectivity index (χ1v) is 10.2. The molecule has 32 heavy (non-hydrogen) atoms. The Bertz CT molecular complexity index is 1520. The largest absolute Gasteiger partial charge is 0.508 e. The van der Waals surface area contributed by atoms with Gasteiger partial charge in [-0.15, -0.1) is 0 Å². The van der Waals surface area contributed by atoms with E-state index >= 15 is 0 Å². The number of hydrogen-bond acceptors (Lipinski definition) is 5. The van der Waals surface area contributed by atoms with E-state index < -0.39 is 0 Å². The van der Waals surface area contributed by atoms with Crippen molar-refractivity contribution in [1.29, 1.82) is 0 Å². The van der Waals surface area contributed by atoms with Gasteiger partial charge in [0, 0.05) is 16.8 Å². The van der Waals surface area contributed by atoms with Gasteiger partial charge < -0.3 is 5.11 Å². The molecule has 0 radical (unpaired) electrons. The van der Waals surface area contributed by atoms with Crippen molar-refractivity contribution in [2.75, 3.05) is 0 Å². The smallest absolute Gasteiger partial charge is 0.267 e. The fraction of sp³-hybridized carbons (Fsp3) is 0.120. The van der Waals surface area contributed by atoms with Crippen LogP contribution in [0.25, 0.3) is 33.7 Å². The van der Waals surface area contributed by atoms with Crippen molar-refractivity contribution in [3.8, 4) is 28.4 Å². The number of phenols is 1. The zero-order valence-corrected chi connectivity index (χ0v) is 17.9. The van der Waals surface area contributed by atoms with Crippen LogP contribution in [-0.4, -0.2) is 29.4 Å². The van der Waals surface area contributed by atoms with E-state index in [1.54, 1.807) is 31.5 Å². The Labute approximate surface area is 184 Å². The molecule has 5 rings (SSSR count). The van der Waals surface area contributed by atoms with Crippen LogP contribution in [-0.2, 0) is 0 Å². The second-order valence-electron chi connectivity index (χ2n) is 7.86. The van der Waals surface area contributed by atoms with Crippen LogP contribution in [0.1, 0.15) is 16.7 Å². The van der Waals surface area contributed by atoms with Gasteiger partial charge in [0.1, 0.15) is 12.1 Å². The monoisotopic (exact) mass is 423 g/mol. The van der Waals surface area contributed by atoms with Crippen LogP contribution in [0.15, 0.2) is 72.0 Å². The fourth-order valence-corrected chi connectivity index (χ4v) is 4.04. The van der Waals surface area contributed by atoms with Crippen LogP contribution in [0, 0.1) is 20.8 Å². The van der Waals surface area contributed by atoms with Crippen molar-refractivity contribution >= 4 is 11.0 Å². The lowest BCUT2D eigenvalue weighted by molar-refractivity contribution is 0.470. The molecular weight excluding hydrogens is 402 g/mol. The highest BCUT2D eigenvalue weighted by Crippen LogP contribution is 2.30. The number of benzene rings is 2. The van der Waals surface area contributed by atoms with Crippen molar-refractivity contribution in [2.24, 2.45) is 0 Å². The average Bonchev–Trinajstić information content (AvgIpc) is 3.20. The number of rotatable bonds is 3. The minimum absolute atomic E-state index is 0.137. The van der Waals surface area contributed by atoms with E-state index in [0.717, 1.165) is 28.1 Å². The predicted octanol–water partition coefficient (Wildman–Crippen LogP) is 4.26. The molecule has 158 valence electrons. The van der Waals surface area contributed by atoms with Gasteiger partial charge in [-0.3, -0.25) is 13.9 Å². The highest BCUT2D eigenvalue weighted by atomic mass is 16.3. The first-order chi connectivity index (χ1) is 15.5. The summed E-state index contributed by atoms with van der Waals surface area (Å²) in [5.74, 6) is 0.137. The van der Waals surface area contributed by atoms with E-state index in [4.69, 9.17) is 0 Å². The third-order valence-corrected chi connectivity index (χ3v) is 5.74. The first kappa shape index (κ1) is 19.7. The van der Waals surface area contributed by atoms with Gasteiger partial charge in [-0.05, 0) is 56.7 Å². The molecule has 5 aromatic rings. The number of aromatic nitrogens is 5.